The summed E-state index contributed by atoms with van der Waals surface area (Å²) < 4.78 is 15.9. The molecule has 0 aromatic carbocycles. The molecule has 0 spiro atoms. The van der Waals surface area contributed by atoms with Gasteiger partial charge in [-0.2, -0.15) is 0 Å². The van der Waals surface area contributed by atoms with E-state index in [9.17, 15) is 0 Å². The van der Waals surface area contributed by atoms with Crippen LogP contribution in [0.25, 0.3) is 20.4 Å². The lowest BCUT2D eigenvalue weighted by Gasteiger charge is -2.21. The average Bonchev–Trinajstić information content (AvgIpc) is 3.36. The molecular formula is C27H39N7O3S2. The number of aryl methyl sites for hydroxylation is 4. The minimum absolute atomic E-state index is 0.546. The fraction of sp³-hybridized carbons (Fsp3) is 0.556. The van der Waals surface area contributed by atoms with Gasteiger partial charge in [0.15, 0.2) is 0 Å². The summed E-state index contributed by atoms with van der Waals surface area (Å²) in [6.07, 6.45) is 0. The Morgan fingerprint density at radius 3 is 1.49 bits per heavy atom. The number of ether oxygens (including phenoxy) is 3. The highest BCUT2D eigenvalue weighted by Crippen LogP contribution is 2.35. The van der Waals surface area contributed by atoms with Crippen molar-refractivity contribution in [1.82, 2.24) is 24.8 Å². The molecule has 0 saturated heterocycles. The Morgan fingerprint density at radius 2 is 1.08 bits per heavy atom. The minimum Gasteiger partial charge on any atom is -0.383 e. The monoisotopic (exact) mass is 573 g/mol. The van der Waals surface area contributed by atoms with Gasteiger partial charge in [0.25, 0.3) is 0 Å². The topological polar surface area (TPSA) is 107 Å². The summed E-state index contributed by atoms with van der Waals surface area (Å²) in [5.41, 5.74) is 2.43. The number of hydrogen-bond donors (Lipinski definition) is 2. The van der Waals surface area contributed by atoms with Crippen LogP contribution in [-0.2, 0) is 27.3 Å². The largest absolute Gasteiger partial charge is 0.383 e. The van der Waals surface area contributed by atoms with Crippen molar-refractivity contribution in [2.45, 2.75) is 40.8 Å². The smallest absolute Gasteiger partial charge is 0.146 e. The fourth-order valence-electron chi connectivity index (χ4n) is 4.36. The van der Waals surface area contributed by atoms with E-state index in [1.54, 1.807) is 44.0 Å². The zero-order chi connectivity index (χ0) is 27.9. The van der Waals surface area contributed by atoms with Crippen molar-refractivity contribution in [3.63, 3.8) is 0 Å². The summed E-state index contributed by atoms with van der Waals surface area (Å²) >= 11 is 3.41. The van der Waals surface area contributed by atoms with Crippen molar-refractivity contribution < 1.29 is 14.2 Å². The molecular weight excluding hydrogens is 534 g/mol. The molecule has 10 nitrogen and oxygen atoms in total. The van der Waals surface area contributed by atoms with E-state index in [-0.39, 0.29) is 0 Å². The third kappa shape index (κ3) is 7.00. The summed E-state index contributed by atoms with van der Waals surface area (Å²) in [6.45, 7) is 13.4. The van der Waals surface area contributed by atoms with Crippen molar-refractivity contribution in [3.05, 3.63) is 32.5 Å². The van der Waals surface area contributed by atoms with E-state index in [2.05, 4.69) is 43.2 Å². The van der Waals surface area contributed by atoms with Gasteiger partial charge in [0.1, 0.15) is 32.9 Å². The van der Waals surface area contributed by atoms with Crippen molar-refractivity contribution in [1.29, 1.82) is 0 Å². The Morgan fingerprint density at radius 1 is 0.641 bits per heavy atom. The van der Waals surface area contributed by atoms with E-state index < -0.39 is 0 Å². The SMILES string of the molecule is COCCNc1nc(CN(CCOC)Cc2nc(NCCOC)c3c(C)c(C)sc3n2)nc2sc(C)c(C)c12. The van der Waals surface area contributed by atoms with E-state index in [1.807, 2.05) is 0 Å². The molecule has 0 aliphatic rings. The second kappa shape index (κ2) is 13.7. The third-order valence-corrected chi connectivity index (χ3v) is 8.89. The maximum Gasteiger partial charge on any atom is 0.146 e. The summed E-state index contributed by atoms with van der Waals surface area (Å²) in [6, 6.07) is 0. The predicted molar refractivity (Wildman–Crippen MR) is 160 cm³/mol. The van der Waals surface area contributed by atoms with E-state index in [0.717, 1.165) is 43.7 Å². The highest BCUT2D eigenvalue weighted by Gasteiger charge is 2.19. The lowest BCUT2D eigenvalue weighted by atomic mass is 10.2. The molecule has 0 bridgehead atoms. The first kappa shape index (κ1) is 29.5. The number of fused-ring (bicyclic) bond motifs is 2. The first-order valence-electron chi connectivity index (χ1n) is 13.1. The van der Waals surface area contributed by atoms with E-state index in [4.69, 9.17) is 34.1 Å². The van der Waals surface area contributed by atoms with Crippen LogP contribution in [0, 0.1) is 27.7 Å². The molecule has 0 aliphatic heterocycles. The van der Waals surface area contributed by atoms with Gasteiger partial charge in [0, 0.05) is 50.7 Å². The molecule has 0 aliphatic carbocycles. The van der Waals surface area contributed by atoms with Crippen LogP contribution in [-0.4, -0.2) is 85.6 Å². The lowest BCUT2D eigenvalue weighted by Crippen LogP contribution is -2.29. The van der Waals surface area contributed by atoms with Gasteiger partial charge in [-0.25, -0.2) is 19.9 Å². The second-order valence-electron chi connectivity index (χ2n) is 9.45. The highest BCUT2D eigenvalue weighted by atomic mass is 32.1. The van der Waals surface area contributed by atoms with E-state index >= 15 is 0 Å². The first-order valence-corrected chi connectivity index (χ1v) is 14.7. The number of nitrogens with zero attached hydrogens (tertiary/aromatic N) is 5. The summed E-state index contributed by atoms with van der Waals surface area (Å²) in [5, 5.41) is 9.08. The second-order valence-corrected chi connectivity index (χ2v) is 11.9. The van der Waals surface area contributed by atoms with Gasteiger partial charge in [-0.05, 0) is 38.8 Å². The lowest BCUT2D eigenvalue weighted by molar-refractivity contribution is 0.137. The first-order chi connectivity index (χ1) is 18.9. The molecule has 4 heterocycles. The standard InChI is InChI=1S/C27H39N7O3S2/c1-16-18(3)38-26-22(16)24(28-8-11-35-5)30-20(32-26)14-34(10-13-37-7)15-21-31-25(29-9-12-36-6)23-17(2)19(4)39-27(23)33-21/h8-15H2,1-7H3,(H,28,30,32)(H,29,31,33). The molecule has 212 valence electrons. The molecule has 0 fully saturated rings. The van der Waals surface area contributed by atoms with Crippen LogP contribution in [0.3, 0.4) is 0 Å². The average molecular weight is 574 g/mol. The molecule has 12 heteroatoms. The number of rotatable bonds is 15. The Balaban J connectivity index is 1.65. The van der Waals surface area contributed by atoms with Crippen LogP contribution in [0.4, 0.5) is 11.6 Å². The van der Waals surface area contributed by atoms with Crippen LogP contribution in [0.1, 0.15) is 32.5 Å². The highest BCUT2D eigenvalue weighted by molar-refractivity contribution is 7.19. The molecule has 0 amide bonds. The third-order valence-electron chi connectivity index (χ3n) is 6.69. The van der Waals surface area contributed by atoms with E-state index in [0.29, 0.717) is 52.5 Å². The van der Waals surface area contributed by atoms with Crippen LogP contribution >= 0.6 is 22.7 Å². The molecule has 39 heavy (non-hydrogen) atoms. The van der Waals surface area contributed by atoms with Crippen molar-refractivity contribution in [3.8, 4) is 0 Å². The molecule has 0 unspecified atom stereocenters. The number of nitrogens with one attached hydrogen (secondary N) is 2. The molecule has 0 atom stereocenters. The molecule has 0 saturated carbocycles. The van der Waals surface area contributed by atoms with Gasteiger partial charge in [-0.3, -0.25) is 4.90 Å². The van der Waals surface area contributed by atoms with Crippen LogP contribution in [0.2, 0.25) is 0 Å². The van der Waals surface area contributed by atoms with E-state index in [1.165, 1.54) is 20.9 Å². The van der Waals surface area contributed by atoms with Crippen LogP contribution < -0.4 is 10.6 Å². The Kier molecular flexibility index (Phi) is 10.4. The predicted octanol–water partition coefficient (Wildman–Crippen LogP) is 4.69. The maximum atomic E-state index is 5.43. The Hall–Kier alpha value is -2.48. The number of thiophene rings is 2. The molecule has 4 aromatic heterocycles. The van der Waals surface area contributed by atoms with Crippen LogP contribution in [0.15, 0.2) is 0 Å². The van der Waals surface area contributed by atoms with Gasteiger partial charge in [-0.1, -0.05) is 0 Å². The molecule has 2 N–H and O–H groups in total. The zero-order valence-corrected chi connectivity index (χ0v) is 25.6. The zero-order valence-electron chi connectivity index (χ0n) is 23.9. The Labute approximate surface area is 238 Å². The molecule has 4 rings (SSSR count). The number of anilines is 2. The van der Waals surface area contributed by atoms with Crippen LogP contribution in [0.5, 0.6) is 0 Å². The maximum absolute atomic E-state index is 5.43. The fourth-order valence-corrected chi connectivity index (χ4v) is 6.46. The van der Waals surface area contributed by atoms with Crippen molar-refractivity contribution in [2.75, 3.05) is 71.4 Å². The molecule has 0 radical (unpaired) electrons. The van der Waals surface area contributed by atoms with Gasteiger partial charge in [0.05, 0.1) is 43.7 Å². The molecule has 4 aromatic rings. The normalized spacial score (nSPS) is 11.8. The summed E-state index contributed by atoms with van der Waals surface area (Å²) in [7, 11) is 5.12. The Bertz CT molecular complexity index is 1300. The summed E-state index contributed by atoms with van der Waals surface area (Å²) in [4.78, 5) is 26.5. The van der Waals surface area contributed by atoms with Gasteiger partial charge in [-0.15, -0.1) is 22.7 Å². The minimum atomic E-state index is 0.546. The number of aromatic nitrogens is 4. The van der Waals surface area contributed by atoms with Gasteiger partial charge < -0.3 is 24.8 Å². The number of hydrogen-bond acceptors (Lipinski definition) is 12. The number of methoxy groups -OCH3 is 3. The van der Waals surface area contributed by atoms with Crippen molar-refractivity contribution >= 4 is 54.7 Å². The van der Waals surface area contributed by atoms with Gasteiger partial charge >= 0.3 is 0 Å². The van der Waals surface area contributed by atoms with Gasteiger partial charge in [0.2, 0.25) is 0 Å². The quantitative estimate of drug-likeness (QED) is 0.195. The summed E-state index contributed by atoms with van der Waals surface area (Å²) in [5.74, 6) is 3.21. The van der Waals surface area contributed by atoms with Crippen molar-refractivity contribution in [2.24, 2.45) is 0 Å².